The zero-order valence-electron chi connectivity index (χ0n) is 12.5. The van der Waals surface area contributed by atoms with E-state index in [0.29, 0.717) is 18.9 Å². The van der Waals surface area contributed by atoms with Crippen molar-refractivity contribution in [3.63, 3.8) is 0 Å². The van der Waals surface area contributed by atoms with Crippen LogP contribution in [-0.4, -0.2) is 66.6 Å². The second-order valence-electron chi connectivity index (χ2n) is 6.25. The number of piperidine rings is 1. The van der Waals surface area contributed by atoms with E-state index in [-0.39, 0.29) is 23.5 Å². The van der Waals surface area contributed by atoms with Crippen molar-refractivity contribution in [3.8, 4) is 0 Å². The highest BCUT2D eigenvalue weighted by molar-refractivity contribution is 7.91. The highest BCUT2D eigenvalue weighted by Gasteiger charge is 2.30. The molecule has 0 aliphatic carbocycles. The Bertz CT molecular complexity index is 614. The van der Waals surface area contributed by atoms with Crippen LogP contribution in [0, 0.1) is 0 Å². The maximum atomic E-state index is 12.1. The molecule has 0 saturated carbocycles. The largest absolute Gasteiger partial charge is 0.351 e. The molecule has 1 aromatic heterocycles. The lowest BCUT2D eigenvalue weighted by molar-refractivity contribution is -0.123. The number of hydrogen-bond donors (Lipinski definition) is 2. The van der Waals surface area contributed by atoms with Crippen molar-refractivity contribution >= 4 is 15.7 Å². The van der Waals surface area contributed by atoms with Crippen molar-refractivity contribution in [2.75, 3.05) is 31.1 Å². The van der Waals surface area contributed by atoms with E-state index in [1.165, 1.54) is 0 Å². The number of hydrogen-bond acceptors (Lipinski definition) is 5. The van der Waals surface area contributed by atoms with Crippen LogP contribution in [0.15, 0.2) is 12.3 Å². The van der Waals surface area contributed by atoms with Crippen molar-refractivity contribution in [1.29, 1.82) is 0 Å². The molecule has 7 nitrogen and oxygen atoms in total. The van der Waals surface area contributed by atoms with Crippen molar-refractivity contribution in [2.24, 2.45) is 0 Å². The second kappa shape index (κ2) is 6.37. The number of carbonyl (C=O) groups excluding carboxylic acids is 1. The SMILES string of the molecule is O=C(CN1CCC[C@@H](c2ccn[nH]2)C1)N[C@H]1CCS(=O)(=O)C1. The van der Waals surface area contributed by atoms with Crippen LogP contribution in [0.5, 0.6) is 0 Å². The van der Waals surface area contributed by atoms with Crippen molar-refractivity contribution < 1.29 is 13.2 Å². The van der Waals surface area contributed by atoms with Crippen molar-refractivity contribution in [2.45, 2.75) is 31.2 Å². The van der Waals surface area contributed by atoms with Gasteiger partial charge in [-0.3, -0.25) is 14.8 Å². The third kappa shape index (κ3) is 3.86. The Labute approximate surface area is 130 Å². The van der Waals surface area contributed by atoms with Crippen LogP contribution in [0.2, 0.25) is 0 Å². The third-order valence-electron chi connectivity index (χ3n) is 4.43. The molecule has 3 rings (SSSR count). The van der Waals surface area contributed by atoms with E-state index in [1.54, 1.807) is 6.20 Å². The summed E-state index contributed by atoms with van der Waals surface area (Å²) in [4.78, 5) is 14.2. The molecule has 2 fully saturated rings. The molecule has 2 aliphatic rings. The average molecular weight is 326 g/mol. The molecule has 0 radical (unpaired) electrons. The lowest BCUT2D eigenvalue weighted by atomic mass is 9.95. The zero-order chi connectivity index (χ0) is 15.6. The molecule has 122 valence electrons. The molecule has 0 spiro atoms. The summed E-state index contributed by atoms with van der Waals surface area (Å²) in [5, 5.41) is 9.84. The minimum Gasteiger partial charge on any atom is -0.351 e. The number of aromatic amines is 1. The molecule has 0 aromatic carbocycles. The fourth-order valence-electron chi connectivity index (χ4n) is 3.33. The highest BCUT2D eigenvalue weighted by Crippen LogP contribution is 2.24. The normalized spacial score (nSPS) is 28.5. The first kappa shape index (κ1) is 15.5. The summed E-state index contributed by atoms with van der Waals surface area (Å²) >= 11 is 0. The predicted molar refractivity (Wildman–Crippen MR) is 82.2 cm³/mol. The number of nitrogens with one attached hydrogen (secondary N) is 2. The van der Waals surface area contributed by atoms with Gasteiger partial charge in [0.05, 0.1) is 18.1 Å². The fourth-order valence-corrected chi connectivity index (χ4v) is 5.01. The number of sulfone groups is 1. The number of aromatic nitrogens is 2. The van der Waals surface area contributed by atoms with Gasteiger partial charge in [-0.15, -0.1) is 0 Å². The van der Waals surface area contributed by atoms with Crippen LogP contribution >= 0.6 is 0 Å². The van der Waals surface area contributed by atoms with E-state index in [4.69, 9.17) is 0 Å². The van der Waals surface area contributed by atoms with E-state index in [2.05, 4.69) is 20.4 Å². The summed E-state index contributed by atoms with van der Waals surface area (Å²) in [5.74, 6) is 0.572. The van der Waals surface area contributed by atoms with Crippen LogP contribution in [0.4, 0.5) is 0 Å². The first-order valence-corrected chi connectivity index (χ1v) is 9.55. The highest BCUT2D eigenvalue weighted by atomic mass is 32.2. The molecule has 2 aliphatic heterocycles. The third-order valence-corrected chi connectivity index (χ3v) is 6.20. The van der Waals surface area contributed by atoms with Gasteiger partial charge in [-0.25, -0.2) is 8.42 Å². The summed E-state index contributed by atoms with van der Waals surface area (Å²) in [7, 11) is -2.95. The van der Waals surface area contributed by atoms with E-state index < -0.39 is 9.84 Å². The Morgan fingerprint density at radius 1 is 1.45 bits per heavy atom. The standard InChI is InChI=1S/C14H22N4O3S/c19-14(16-12-4-7-22(20,21)10-12)9-18-6-1-2-11(8-18)13-3-5-15-17-13/h3,5,11-12H,1-2,4,6-10H2,(H,15,17)(H,16,19)/t11-,12+/m1/s1. The van der Waals surface area contributed by atoms with E-state index in [1.807, 2.05) is 6.07 Å². The molecular formula is C14H22N4O3S. The molecule has 1 aromatic rings. The van der Waals surface area contributed by atoms with Gasteiger partial charge in [-0.1, -0.05) is 0 Å². The van der Waals surface area contributed by atoms with Gasteiger partial charge in [0.15, 0.2) is 9.84 Å². The molecule has 1 amide bonds. The Kier molecular flexibility index (Phi) is 4.49. The van der Waals surface area contributed by atoms with Crippen LogP contribution in [-0.2, 0) is 14.6 Å². The van der Waals surface area contributed by atoms with Gasteiger partial charge < -0.3 is 5.32 Å². The molecule has 2 saturated heterocycles. The number of nitrogens with zero attached hydrogens (tertiary/aromatic N) is 2. The minimum atomic E-state index is -2.95. The summed E-state index contributed by atoms with van der Waals surface area (Å²) in [6.07, 6.45) is 4.43. The van der Waals surface area contributed by atoms with Gasteiger partial charge in [-0.2, -0.15) is 5.10 Å². The minimum absolute atomic E-state index is 0.0765. The van der Waals surface area contributed by atoms with Gasteiger partial charge in [0.2, 0.25) is 5.91 Å². The average Bonchev–Trinajstić information content (AvgIpc) is 3.09. The van der Waals surface area contributed by atoms with Crippen LogP contribution in [0.25, 0.3) is 0 Å². The van der Waals surface area contributed by atoms with E-state index in [0.717, 1.165) is 31.6 Å². The molecule has 22 heavy (non-hydrogen) atoms. The van der Waals surface area contributed by atoms with E-state index in [9.17, 15) is 13.2 Å². The van der Waals surface area contributed by atoms with Gasteiger partial charge in [0, 0.05) is 30.4 Å². The lowest BCUT2D eigenvalue weighted by Gasteiger charge is -2.31. The molecule has 0 bridgehead atoms. The number of likely N-dealkylation sites (tertiary alicyclic amines) is 1. The first-order valence-electron chi connectivity index (χ1n) is 7.73. The van der Waals surface area contributed by atoms with Crippen LogP contribution in [0.1, 0.15) is 30.9 Å². The fraction of sp³-hybridized carbons (Fsp3) is 0.714. The Balaban J connectivity index is 1.49. The molecule has 0 unspecified atom stereocenters. The number of rotatable bonds is 4. The number of amides is 1. The molecule has 3 heterocycles. The van der Waals surface area contributed by atoms with Gasteiger partial charge in [-0.05, 0) is 31.9 Å². The predicted octanol–water partition coefficient (Wildman–Crippen LogP) is -0.108. The van der Waals surface area contributed by atoms with Gasteiger partial charge >= 0.3 is 0 Å². The summed E-state index contributed by atoms with van der Waals surface area (Å²) in [5.41, 5.74) is 1.12. The van der Waals surface area contributed by atoms with Crippen LogP contribution < -0.4 is 5.32 Å². The van der Waals surface area contributed by atoms with Crippen molar-refractivity contribution in [3.05, 3.63) is 18.0 Å². The maximum absolute atomic E-state index is 12.1. The quantitative estimate of drug-likeness (QED) is 0.805. The maximum Gasteiger partial charge on any atom is 0.234 e. The van der Waals surface area contributed by atoms with Gasteiger partial charge in [0.25, 0.3) is 0 Å². The monoisotopic (exact) mass is 326 g/mol. The molecule has 8 heteroatoms. The Morgan fingerprint density at radius 3 is 3.00 bits per heavy atom. The smallest absolute Gasteiger partial charge is 0.234 e. The van der Waals surface area contributed by atoms with Gasteiger partial charge in [0.1, 0.15) is 0 Å². The van der Waals surface area contributed by atoms with Crippen LogP contribution in [0.3, 0.4) is 0 Å². The summed E-state index contributed by atoms with van der Waals surface area (Å²) in [6.45, 7) is 2.07. The number of carbonyl (C=O) groups is 1. The van der Waals surface area contributed by atoms with Crippen molar-refractivity contribution in [1.82, 2.24) is 20.4 Å². The molecular weight excluding hydrogens is 304 g/mol. The summed E-state index contributed by atoms with van der Waals surface area (Å²) in [6, 6.07) is 1.77. The second-order valence-corrected chi connectivity index (χ2v) is 8.48. The lowest BCUT2D eigenvalue weighted by Crippen LogP contribution is -2.45. The zero-order valence-corrected chi connectivity index (χ0v) is 13.3. The Hall–Kier alpha value is -1.41. The summed E-state index contributed by atoms with van der Waals surface area (Å²) < 4.78 is 22.8. The molecule has 2 N–H and O–H groups in total. The number of H-pyrrole nitrogens is 1. The Morgan fingerprint density at radius 2 is 2.32 bits per heavy atom. The van der Waals surface area contributed by atoms with E-state index >= 15 is 0 Å². The molecule has 2 atom stereocenters. The topological polar surface area (TPSA) is 95.2 Å². The first-order chi connectivity index (χ1) is 10.5.